The van der Waals surface area contributed by atoms with Crippen LogP contribution in [0, 0.1) is 0 Å². The molecular weight excluding hydrogens is 306 g/mol. The van der Waals surface area contributed by atoms with Gasteiger partial charge in [0.1, 0.15) is 0 Å². The van der Waals surface area contributed by atoms with Crippen molar-refractivity contribution >= 4 is 17.3 Å². The summed E-state index contributed by atoms with van der Waals surface area (Å²) in [6, 6.07) is 11.7. The van der Waals surface area contributed by atoms with Gasteiger partial charge in [-0.3, -0.25) is 4.79 Å². The highest BCUT2D eigenvalue weighted by Gasteiger charge is 2.14. The maximum absolute atomic E-state index is 12.2. The second-order valence-corrected chi connectivity index (χ2v) is 5.99. The van der Waals surface area contributed by atoms with Gasteiger partial charge in [-0.2, -0.15) is 0 Å². The van der Waals surface area contributed by atoms with E-state index in [2.05, 4.69) is 22.2 Å². The summed E-state index contributed by atoms with van der Waals surface area (Å²) in [6.45, 7) is 4.08. The van der Waals surface area contributed by atoms with Crippen LogP contribution in [0.1, 0.15) is 10.4 Å². The molecule has 6 nitrogen and oxygen atoms in total. The van der Waals surface area contributed by atoms with Crippen molar-refractivity contribution in [3.8, 4) is 11.5 Å². The first-order valence-electron chi connectivity index (χ1n) is 7.90. The van der Waals surface area contributed by atoms with Crippen molar-refractivity contribution in [2.45, 2.75) is 0 Å². The number of carbonyl (C=O) groups is 1. The van der Waals surface area contributed by atoms with Crippen LogP contribution in [0.2, 0.25) is 0 Å². The monoisotopic (exact) mass is 327 g/mol. The second-order valence-electron chi connectivity index (χ2n) is 5.99. The van der Waals surface area contributed by atoms with E-state index in [-0.39, 0.29) is 23.0 Å². The molecule has 126 valence electrons. The lowest BCUT2D eigenvalue weighted by Gasteiger charge is -2.34. The molecule has 1 aliphatic heterocycles. The van der Waals surface area contributed by atoms with E-state index in [4.69, 9.17) is 0 Å². The highest BCUT2D eigenvalue weighted by atomic mass is 16.3. The molecule has 1 saturated heterocycles. The van der Waals surface area contributed by atoms with Crippen LogP contribution in [0.15, 0.2) is 42.5 Å². The number of nitrogens with one attached hydrogen (secondary N) is 1. The third kappa shape index (κ3) is 3.60. The maximum Gasteiger partial charge on any atom is 0.255 e. The van der Waals surface area contributed by atoms with Gasteiger partial charge in [0.2, 0.25) is 0 Å². The van der Waals surface area contributed by atoms with Gasteiger partial charge in [-0.25, -0.2) is 0 Å². The molecule has 1 heterocycles. The van der Waals surface area contributed by atoms with Gasteiger partial charge in [0, 0.05) is 43.1 Å². The lowest BCUT2D eigenvalue weighted by Crippen LogP contribution is -2.44. The van der Waals surface area contributed by atoms with Crippen LogP contribution in [0.5, 0.6) is 11.5 Å². The van der Waals surface area contributed by atoms with Crippen LogP contribution < -0.4 is 10.2 Å². The number of benzene rings is 2. The van der Waals surface area contributed by atoms with Crippen LogP contribution in [-0.2, 0) is 0 Å². The molecule has 2 aromatic rings. The standard InChI is InChI=1S/C18H21N3O3/c1-20-8-10-21(11-9-20)15-5-3-14(4-6-15)19-18(24)13-2-7-16(22)17(23)12-13/h2-7,12,22-23H,8-11H2,1H3,(H,19,24). The summed E-state index contributed by atoms with van der Waals surface area (Å²) in [6.07, 6.45) is 0. The van der Waals surface area contributed by atoms with Crippen molar-refractivity contribution in [2.24, 2.45) is 0 Å². The lowest BCUT2D eigenvalue weighted by molar-refractivity contribution is 0.102. The largest absolute Gasteiger partial charge is 0.504 e. The predicted molar refractivity (Wildman–Crippen MR) is 93.9 cm³/mol. The van der Waals surface area contributed by atoms with Crippen molar-refractivity contribution in [3.05, 3.63) is 48.0 Å². The summed E-state index contributed by atoms with van der Waals surface area (Å²) < 4.78 is 0. The van der Waals surface area contributed by atoms with E-state index in [1.807, 2.05) is 24.3 Å². The maximum atomic E-state index is 12.2. The van der Waals surface area contributed by atoms with Gasteiger partial charge in [-0.15, -0.1) is 0 Å². The van der Waals surface area contributed by atoms with Crippen LogP contribution in [0.25, 0.3) is 0 Å². The molecule has 0 unspecified atom stereocenters. The van der Waals surface area contributed by atoms with E-state index >= 15 is 0 Å². The number of hydrogen-bond donors (Lipinski definition) is 3. The summed E-state index contributed by atoms with van der Waals surface area (Å²) in [5.74, 6) is -0.895. The molecule has 0 bridgehead atoms. The van der Waals surface area contributed by atoms with Crippen molar-refractivity contribution in [2.75, 3.05) is 43.4 Å². The quantitative estimate of drug-likeness (QED) is 0.753. The topological polar surface area (TPSA) is 76.0 Å². The summed E-state index contributed by atoms with van der Waals surface area (Å²) >= 11 is 0. The Balaban J connectivity index is 1.65. The van der Waals surface area contributed by atoms with Crippen molar-refractivity contribution in [1.29, 1.82) is 0 Å². The van der Waals surface area contributed by atoms with Gasteiger partial charge >= 0.3 is 0 Å². The van der Waals surface area contributed by atoms with Gasteiger partial charge in [0.25, 0.3) is 5.91 Å². The Morgan fingerprint density at radius 1 is 0.958 bits per heavy atom. The highest BCUT2D eigenvalue weighted by Crippen LogP contribution is 2.25. The predicted octanol–water partition coefficient (Wildman–Crippen LogP) is 2.10. The van der Waals surface area contributed by atoms with E-state index in [0.29, 0.717) is 5.69 Å². The van der Waals surface area contributed by atoms with Crippen LogP contribution in [0.4, 0.5) is 11.4 Å². The lowest BCUT2D eigenvalue weighted by atomic mass is 10.1. The first-order chi connectivity index (χ1) is 11.5. The zero-order chi connectivity index (χ0) is 17.1. The molecule has 0 radical (unpaired) electrons. The van der Waals surface area contributed by atoms with Crippen LogP contribution in [-0.4, -0.2) is 54.2 Å². The van der Waals surface area contributed by atoms with Crippen molar-refractivity contribution < 1.29 is 15.0 Å². The van der Waals surface area contributed by atoms with Gasteiger partial charge in [0.15, 0.2) is 11.5 Å². The number of phenols is 2. The molecule has 2 aromatic carbocycles. The Morgan fingerprint density at radius 3 is 2.25 bits per heavy atom. The van der Waals surface area contributed by atoms with Gasteiger partial charge < -0.3 is 25.3 Å². The van der Waals surface area contributed by atoms with E-state index in [1.165, 1.54) is 18.2 Å². The SMILES string of the molecule is CN1CCN(c2ccc(NC(=O)c3ccc(O)c(O)c3)cc2)CC1. The summed E-state index contributed by atoms with van der Waals surface area (Å²) in [4.78, 5) is 16.8. The normalized spacial score (nSPS) is 15.3. The molecule has 0 aromatic heterocycles. The summed E-state index contributed by atoms with van der Waals surface area (Å²) in [7, 11) is 2.12. The molecule has 1 amide bonds. The zero-order valence-corrected chi connectivity index (χ0v) is 13.6. The van der Waals surface area contributed by atoms with Crippen molar-refractivity contribution in [1.82, 2.24) is 4.90 Å². The molecule has 0 saturated carbocycles. The Labute approximate surface area is 140 Å². The van der Waals surface area contributed by atoms with E-state index < -0.39 is 0 Å². The van der Waals surface area contributed by atoms with Gasteiger partial charge in [0.05, 0.1) is 0 Å². The Bertz CT molecular complexity index is 723. The molecule has 1 aliphatic rings. The number of carbonyl (C=O) groups excluding carboxylic acids is 1. The van der Waals surface area contributed by atoms with Gasteiger partial charge in [-0.05, 0) is 49.5 Å². The van der Waals surface area contributed by atoms with Crippen molar-refractivity contribution in [3.63, 3.8) is 0 Å². The van der Waals surface area contributed by atoms with Crippen LogP contribution >= 0.6 is 0 Å². The molecule has 1 fully saturated rings. The van der Waals surface area contributed by atoms with Gasteiger partial charge in [-0.1, -0.05) is 0 Å². The number of phenolic OH excluding ortho intramolecular Hbond substituents is 2. The van der Waals surface area contributed by atoms with E-state index in [1.54, 1.807) is 0 Å². The summed E-state index contributed by atoms with van der Waals surface area (Å²) in [5, 5.41) is 21.6. The Morgan fingerprint density at radius 2 is 1.62 bits per heavy atom. The molecule has 0 aliphatic carbocycles. The van der Waals surface area contributed by atoms with E-state index in [9.17, 15) is 15.0 Å². The first kappa shape index (κ1) is 16.1. The smallest absolute Gasteiger partial charge is 0.255 e. The fraction of sp³-hybridized carbons (Fsp3) is 0.278. The minimum Gasteiger partial charge on any atom is -0.504 e. The number of anilines is 2. The number of piperazine rings is 1. The van der Waals surface area contributed by atoms with Crippen LogP contribution in [0.3, 0.4) is 0 Å². The second kappa shape index (κ2) is 6.80. The number of nitrogens with zero attached hydrogens (tertiary/aromatic N) is 2. The Hall–Kier alpha value is -2.73. The fourth-order valence-electron chi connectivity index (χ4n) is 2.69. The minimum absolute atomic E-state index is 0.247. The third-order valence-electron chi connectivity index (χ3n) is 4.23. The average Bonchev–Trinajstić information content (AvgIpc) is 2.59. The number of amides is 1. The van der Waals surface area contributed by atoms with E-state index in [0.717, 1.165) is 31.9 Å². The molecule has 24 heavy (non-hydrogen) atoms. The average molecular weight is 327 g/mol. The number of hydrogen-bond acceptors (Lipinski definition) is 5. The third-order valence-corrected chi connectivity index (χ3v) is 4.23. The molecule has 0 atom stereocenters. The Kier molecular flexibility index (Phi) is 4.57. The molecule has 3 rings (SSSR count). The first-order valence-corrected chi connectivity index (χ1v) is 7.90. The fourth-order valence-corrected chi connectivity index (χ4v) is 2.69. The number of aromatic hydroxyl groups is 2. The number of likely N-dealkylation sites (N-methyl/N-ethyl adjacent to an activating group) is 1. The highest BCUT2D eigenvalue weighted by molar-refractivity contribution is 6.04. The zero-order valence-electron chi connectivity index (χ0n) is 13.6. The molecule has 3 N–H and O–H groups in total. The summed E-state index contributed by atoms with van der Waals surface area (Å²) in [5.41, 5.74) is 2.11. The molecular formula is C18H21N3O3. The minimum atomic E-state index is -0.336. The molecule has 6 heteroatoms. The number of rotatable bonds is 3. The molecule has 0 spiro atoms.